The summed E-state index contributed by atoms with van der Waals surface area (Å²) in [5.41, 5.74) is 2.44. The van der Waals surface area contributed by atoms with Gasteiger partial charge in [0.15, 0.2) is 0 Å². The topological polar surface area (TPSA) is 86.8 Å². The second-order valence-electron chi connectivity index (χ2n) is 10.9. The van der Waals surface area contributed by atoms with E-state index in [2.05, 4.69) is 5.32 Å². The summed E-state index contributed by atoms with van der Waals surface area (Å²) in [7, 11) is -3.50. The molecular formula is C32H38ClN3O4S. The van der Waals surface area contributed by atoms with Crippen molar-refractivity contribution in [3.8, 4) is 0 Å². The molecule has 2 amide bonds. The first kappa shape index (κ1) is 30.8. The maximum Gasteiger partial charge on any atom is 0.247 e. The molecule has 0 aromatic heterocycles. The summed E-state index contributed by atoms with van der Waals surface area (Å²) in [6.45, 7) is 5.88. The lowest BCUT2D eigenvalue weighted by molar-refractivity contribution is -0.141. The van der Waals surface area contributed by atoms with Gasteiger partial charge in [0, 0.05) is 37.6 Å². The van der Waals surface area contributed by atoms with Crippen LogP contribution in [0.4, 0.5) is 0 Å². The van der Waals surface area contributed by atoms with E-state index >= 15 is 0 Å². The quantitative estimate of drug-likeness (QED) is 0.295. The first-order chi connectivity index (χ1) is 19.6. The fourth-order valence-corrected chi connectivity index (χ4v) is 6.56. The Hall–Kier alpha value is -3.20. The van der Waals surface area contributed by atoms with Crippen LogP contribution in [-0.4, -0.2) is 49.1 Å². The summed E-state index contributed by atoms with van der Waals surface area (Å²) in [5.74, 6) is -0.154. The highest BCUT2D eigenvalue weighted by Crippen LogP contribution is 2.26. The number of rotatable bonds is 12. The molecule has 0 spiro atoms. The van der Waals surface area contributed by atoms with Crippen molar-refractivity contribution in [2.24, 2.45) is 5.92 Å². The number of carbonyl (C=O) groups excluding carboxylic acids is 2. The lowest BCUT2D eigenvalue weighted by Crippen LogP contribution is -2.44. The van der Waals surface area contributed by atoms with Crippen LogP contribution in [0.5, 0.6) is 0 Å². The number of carbonyl (C=O) groups is 2. The Morgan fingerprint density at radius 2 is 1.51 bits per heavy atom. The zero-order valence-electron chi connectivity index (χ0n) is 23.6. The van der Waals surface area contributed by atoms with Gasteiger partial charge < -0.3 is 10.2 Å². The fraction of sp³-hybridized carbons (Fsp3) is 0.375. The average molecular weight is 596 g/mol. The van der Waals surface area contributed by atoms with Gasteiger partial charge in [-0.15, -0.1) is 0 Å². The summed E-state index contributed by atoms with van der Waals surface area (Å²) >= 11 is 6.10. The van der Waals surface area contributed by atoms with Crippen LogP contribution in [0, 0.1) is 5.92 Å². The van der Waals surface area contributed by atoms with Crippen molar-refractivity contribution >= 4 is 33.4 Å². The summed E-state index contributed by atoms with van der Waals surface area (Å²) in [4.78, 5) is 29.3. The van der Waals surface area contributed by atoms with Gasteiger partial charge in [0.1, 0.15) is 6.04 Å². The molecule has 1 aliphatic rings. The first-order valence-corrected chi connectivity index (χ1v) is 15.9. The van der Waals surface area contributed by atoms with Crippen LogP contribution in [0.3, 0.4) is 0 Å². The van der Waals surface area contributed by atoms with Crippen molar-refractivity contribution in [2.75, 3.05) is 19.6 Å². The van der Waals surface area contributed by atoms with E-state index in [4.69, 9.17) is 11.6 Å². The minimum atomic E-state index is -3.50. The third-order valence-corrected chi connectivity index (χ3v) is 9.36. The summed E-state index contributed by atoms with van der Waals surface area (Å²) in [6.07, 6.45) is 2.33. The van der Waals surface area contributed by atoms with E-state index < -0.39 is 16.1 Å². The third kappa shape index (κ3) is 8.18. The van der Waals surface area contributed by atoms with E-state index in [0.717, 1.165) is 29.5 Å². The molecule has 3 aromatic rings. The van der Waals surface area contributed by atoms with Crippen molar-refractivity contribution in [1.29, 1.82) is 0 Å². The normalized spacial score (nSPS) is 14.6. The molecule has 1 heterocycles. The predicted molar refractivity (Wildman–Crippen MR) is 162 cm³/mol. The minimum Gasteiger partial charge on any atom is -0.354 e. The maximum absolute atomic E-state index is 13.9. The molecule has 1 saturated heterocycles. The Morgan fingerprint density at radius 1 is 0.902 bits per heavy atom. The number of amides is 2. The molecule has 218 valence electrons. The SMILES string of the molecule is CC(C)CNC(=O)[C@H](c1ccccc1)N(Cc1ccc(Cl)cc1)C(=O)CCc1ccc(S(=O)(=O)N2CCCC2)cc1. The number of nitrogens with one attached hydrogen (secondary N) is 1. The smallest absolute Gasteiger partial charge is 0.247 e. The summed E-state index contributed by atoms with van der Waals surface area (Å²) in [5, 5.41) is 3.61. The molecule has 4 rings (SSSR count). The standard InChI is InChI=1S/C32H38ClN3O4S/c1-24(2)22-34-32(38)31(27-8-4-3-5-9-27)36(23-26-10-15-28(33)16-11-26)30(37)19-14-25-12-17-29(18-13-25)41(39,40)35-20-6-7-21-35/h3-5,8-13,15-18,24,31H,6-7,14,19-23H2,1-2H3,(H,34,38)/t31-/m0/s1. The number of sulfonamides is 1. The number of hydrogen-bond donors (Lipinski definition) is 1. The molecule has 41 heavy (non-hydrogen) atoms. The monoisotopic (exact) mass is 595 g/mol. The second-order valence-corrected chi connectivity index (χ2v) is 13.2. The zero-order chi connectivity index (χ0) is 29.4. The Morgan fingerprint density at radius 3 is 2.12 bits per heavy atom. The third-order valence-electron chi connectivity index (χ3n) is 7.20. The Kier molecular flexibility index (Phi) is 10.6. The van der Waals surface area contributed by atoms with Gasteiger partial charge in [-0.1, -0.05) is 80.0 Å². The van der Waals surface area contributed by atoms with Crippen LogP contribution in [0.15, 0.2) is 83.8 Å². The summed E-state index contributed by atoms with van der Waals surface area (Å²) < 4.78 is 27.3. The number of aryl methyl sites for hydroxylation is 1. The summed E-state index contributed by atoms with van der Waals surface area (Å²) in [6, 6.07) is 22.5. The molecule has 0 radical (unpaired) electrons. The number of benzene rings is 3. The van der Waals surface area contributed by atoms with Crippen molar-refractivity contribution in [2.45, 2.75) is 57.0 Å². The van der Waals surface area contributed by atoms with Gasteiger partial charge >= 0.3 is 0 Å². The molecule has 7 nitrogen and oxygen atoms in total. The maximum atomic E-state index is 13.9. The molecule has 9 heteroatoms. The number of halogens is 1. The Labute approximate surface area is 248 Å². The highest BCUT2D eigenvalue weighted by molar-refractivity contribution is 7.89. The highest BCUT2D eigenvalue weighted by atomic mass is 35.5. The van der Waals surface area contributed by atoms with Crippen molar-refractivity contribution in [1.82, 2.24) is 14.5 Å². The molecule has 3 aromatic carbocycles. The molecule has 1 N–H and O–H groups in total. The molecule has 0 aliphatic carbocycles. The molecule has 1 aliphatic heterocycles. The lowest BCUT2D eigenvalue weighted by Gasteiger charge is -2.32. The predicted octanol–water partition coefficient (Wildman–Crippen LogP) is 5.60. The minimum absolute atomic E-state index is 0.159. The molecular weight excluding hydrogens is 558 g/mol. The van der Waals surface area contributed by atoms with Gasteiger partial charge in [0.05, 0.1) is 4.90 Å². The van der Waals surface area contributed by atoms with Gasteiger partial charge in [-0.05, 0) is 66.1 Å². The second kappa shape index (κ2) is 14.1. The van der Waals surface area contributed by atoms with E-state index in [1.165, 1.54) is 4.31 Å². The van der Waals surface area contributed by atoms with Gasteiger partial charge in [-0.3, -0.25) is 9.59 Å². The van der Waals surface area contributed by atoms with Crippen LogP contribution in [0.1, 0.15) is 55.8 Å². The van der Waals surface area contributed by atoms with Crippen LogP contribution in [0.2, 0.25) is 5.02 Å². The highest BCUT2D eigenvalue weighted by Gasteiger charge is 2.31. The van der Waals surface area contributed by atoms with Crippen LogP contribution in [-0.2, 0) is 32.6 Å². The molecule has 0 saturated carbocycles. The van der Waals surface area contributed by atoms with E-state index in [1.807, 2.05) is 56.3 Å². The number of hydrogen-bond acceptors (Lipinski definition) is 4. The zero-order valence-corrected chi connectivity index (χ0v) is 25.2. The van der Waals surface area contributed by atoms with Gasteiger partial charge in [0.25, 0.3) is 0 Å². The lowest BCUT2D eigenvalue weighted by atomic mass is 10.0. The fourth-order valence-electron chi connectivity index (χ4n) is 4.92. The van der Waals surface area contributed by atoms with Crippen molar-refractivity contribution in [3.05, 3.63) is 101 Å². The van der Waals surface area contributed by atoms with Crippen LogP contribution in [0.25, 0.3) is 0 Å². The molecule has 0 bridgehead atoms. The van der Waals surface area contributed by atoms with Gasteiger partial charge in [-0.2, -0.15) is 4.31 Å². The Bertz CT molecular complexity index is 1410. The number of nitrogens with zero attached hydrogens (tertiary/aromatic N) is 2. The molecule has 1 fully saturated rings. The van der Waals surface area contributed by atoms with E-state index in [1.54, 1.807) is 41.3 Å². The van der Waals surface area contributed by atoms with E-state index in [-0.39, 0.29) is 35.6 Å². The first-order valence-electron chi connectivity index (χ1n) is 14.1. The van der Waals surface area contributed by atoms with Crippen molar-refractivity contribution in [3.63, 3.8) is 0 Å². The largest absolute Gasteiger partial charge is 0.354 e. The molecule has 1 atom stereocenters. The van der Waals surface area contributed by atoms with E-state index in [0.29, 0.717) is 31.1 Å². The average Bonchev–Trinajstić information content (AvgIpc) is 3.53. The van der Waals surface area contributed by atoms with Gasteiger partial charge in [-0.25, -0.2) is 8.42 Å². The Balaban J connectivity index is 1.56. The molecule has 0 unspecified atom stereocenters. The van der Waals surface area contributed by atoms with Crippen LogP contribution < -0.4 is 5.32 Å². The van der Waals surface area contributed by atoms with Crippen molar-refractivity contribution < 1.29 is 18.0 Å². The van der Waals surface area contributed by atoms with E-state index in [9.17, 15) is 18.0 Å². The van der Waals surface area contributed by atoms with Crippen LogP contribution >= 0.6 is 11.6 Å². The van der Waals surface area contributed by atoms with Gasteiger partial charge in [0.2, 0.25) is 21.8 Å².